The largest absolute Gasteiger partial charge is 0.489 e. The molecule has 5 rings (SSSR count). The van der Waals surface area contributed by atoms with Gasteiger partial charge >= 0.3 is 0 Å². The van der Waals surface area contributed by atoms with Gasteiger partial charge in [0.05, 0.1) is 12.7 Å². The third-order valence-electron chi connectivity index (χ3n) is 6.90. The van der Waals surface area contributed by atoms with E-state index in [0.717, 1.165) is 31.2 Å². The lowest BCUT2D eigenvalue weighted by molar-refractivity contribution is 0.0655. The Morgan fingerprint density at radius 1 is 0.882 bits per heavy atom. The van der Waals surface area contributed by atoms with Crippen LogP contribution in [0.4, 0.5) is 13.2 Å². The van der Waals surface area contributed by atoms with Crippen LogP contribution in [0.1, 0.15) is 54.4 Å². The first-order valence-corrected chi connectivity index (χ1v) is 11.7. The van der Waals surface area contributed by atoms with E-state index in [4.69, 9.17) is 14.2 Å². The van der Waals surface area contributed by atoms with Crippen LogP contribution in [0.5, 0.6) is 5.75 Å². The predicted octanol–water partition coefficient (Wildman–Crippen LogP) is 7.09. The van der Waals surface area contributed by atoms with Crippen molar-refractivity contribution in [3.05, 3.63) is 88.7 Å². The van der Waals surface area contributed by atoms with Gasteiger partial charge in [0.1, 0.15) is 24.3 Å². The maximum absolute atomic E-state index is 15.0. The maximum atomic E-state index is 15.0. The summed E-state index contributed by atoms with van der Waals surface area (Å²) in [6, 6.07) is 15.1. The molecule has 0 bridgehead atoms. The number of hydrogen-bond donors (Lipinski definition) is 0. The lowest BCUT2D eigenvalue weighted by Gasteiger charge is -2.28. The second-order valence-electron chi connectivity index (χ2n) is 9.03. The Bertz CT molecular complexity index is 1150. The molecule has 3 aromatic rings. The fourth-order valence-corrected chi connectivity index (χ4v) is 4.73. The standard InChI is InChI=1S/C28H27F3O3/c1-32-21-8-4-17(5-9-21)23-12-13-24(28(31)27(23)30)18-6-10-22(11-7-18)33-15-20-3-2-19(14-25(20)29)26-16-34-26/h2-3,6-7,10-14,17,21,26H,4-5,8-9,15-16H2,1H3. The lowest BCUT2D eigenvalue weighted by Crippen LogP contribution is -2.20. The number of halogens is 3. The molecule has 1 saturated heterocycles. The van der Waals surface area contributed by atoms with Gasteiger partial charge in [0.15, 0.2) is 11.6 Å². The number of ether oxygens (including phenoxy) is 3. The normalized spacial score (nSPS) is 21.9. The molecule has 2 aliphatic rings. The molecule has 0 amide bonds. The van der Waals surface area contributed by atoms with Crippen molar-refractivity contribution in [2.45, 2.75) is 50.4 Å². The number of methoxy groups -OCH3 is 1. The molecular weight excluding hydrogens is 441 g/mol. The molecule has 1 aliphatic carbocycles. The zero-order valence-electron chi connectivity index (χ0n) is 19.0. The molecule has 34 heavy (non-hydrogen) atoms. The van der Waals surface area contributed by atoms with E-state index in [-0.39, 0.29) is 36.1 Å². The van der Waals surface area contributed by atoms with Crippen molar-refractivity contribution in [2.75, 3.05) is 13.7 Å². The van der Waals surface area contributed by atoms with E-state index in [1.807, 2.05) is 6.07 Å². The highest BCUT2D eigenvalue weighted by atomic mass is 19.2. The van der Waals surface area contributed by atoms with Crippen LogP contribution in [0.25, 0.3) is 11.1 Å². The molecule has 3 nitrogen and oxygen atoms in total. The van der Waals surface area contributed by atoms with E-state index < -0.39 is 11.6 Å². The molecule has 0 aromatic heterocycles. The molecule has 0 radical (unpaired) electrons. The van der Waals surface area contributed by atoms with Gasteiger partial charge in [-0.2, -0.15) is 0 Å². The van der Waals surface area contributed by atoms with Crippen LogP contribution < -0.4 is 4.74 Å². The molecule has 1 heterocycles. The molecule has 0 spiro atoms. The fourth-order valence-electron chi connectivity index (χ4n) is 4.73. The van der Waals surface area contributed by atoms with E-state index in [2.05, 4.69) is 0 Å². The first kappa shape index (κ1) is 22.9. The highest BCUT2D eigenvalue weighted by molar-refractivity contribution is 5.65. The first-order chi connectivity index (χ1) is 16.5. The second kappa shape index (κ2) is 9.80. The van der Waals surface area contributed by atoms with E-state index in [9.17, 15) is 13.2 Å². The van der Waals surface area contributed by atoms with Crippen LogP contribution in [0.15, 0.2) is 54.6 Å². The van der Waals surface area contributed by atoms with Crippen molar-refractivity contribution in [1.82, 2.24) is 0 Å². The van der Waals surface area contributed by atoms with Crippen LogP contribution in [-0.2, 0) is 16.1 Å². The molecule has 0 N–H and O–H groups in total. The van der Waals surface area contributed by atoms with Gasteiger partial charge in [0, 0.05) is 18.2 Å². The van der Waals surface area contributed by atoms with Crippen molar-refractivity contribution in [3.63, 3.8) is 0 Å². The number of rotatable bonds is 7. The Labute approximate surface area is 197 Å². The van der Waals surface area contributed by atoms with Crippen LogP contribution in [0, 0.1) is 17.5 Å². The molecule has 2 fully saturated rings. The van der Waals surface area contributed by atoms with Crippen molar-refractivity contribution in [1.29, 1.82) is 0 Å². The van der Waals surface area contributed by atoms with E-state index >= 15 is 0 Å². The minimum Gasteiger partial charge on any atom is -0.489 e. The van der Waals surface area contributed by atoms with Crippen LogP contribution in [0.3, 0.4) is 0 Å². The molecule has 1 unspecified atom stereocenters. The van der Waals surface area contributed by atoms with Gasteiger partial charge in [-0.3, -0.25) is 0 Å². The van der Waals surface area contributed by atoms with Gasteiger partial charge in [-0.15, -0.1) is 0 Å². The SMILES string of the molecule is COC1CCC(c2ccc(-c3ccc(OCc4ccc(C5CO5)cc4F)cc3)c(F)c2F)CC1. The van der Waals surface area contributed by atoms with Gasteiger partial charge in [0.25, 0.3) is 0 Å². The smallest absolute Gasteiger partial charge is 0.166 e. The Morgan fingerprint density at radius 3 is 2.26 bits per heavy atom. The molecule has 1 atom stereocenters. The molecule has 1 aliphatic heterocycles. The minimum atomic E-state index is -0.832. The van der Waals surface area contributed by atoms with Crippen molar-refractivity contribution in [2.24, 2.45) is 0 Å². The van der Waals surface area contributed by atoms with Gasteiger partial charge in [0.2, 0.25) is 0 Å². The maximum Gasteiger partial charge on any atom is 0.166 e. The zero-order chi connectivity index (χ0) is 23.7. The summed E-state index contributed by atoms with van der Waals surface area (Å²) in [5.41, 5.74) is 2.47. The molecular formula is C28H27F3O3. The predicted molar refractivity (Wildman–Crippen MR) is 123 cm³/mol. The third kappa shape index (κ3) is 4.84. The van der Waals surface area contributed by atoms with Crippen molar-refractivity contribution < 1.29 is 27.4 Å². The summed E-state index contributed by atoms with van der Waals surface area (Å²) in [6.45, 7) is 0.699. The summed E-state index contributed by atoms with van der Waals surface area (Å²) >= 11 is 0. The second-order valence-corrected chi connectivity index (χ2v) is 9.03. The Morgan fingerprint density at radius 2 is 1.62 bits per heavy atom. The summed E-state index contributed by atoms with van der Waals surface area (Å²) in [5, 5.41) is 0. The molecule has 1 saturated carbocycles. The van der Waals surface area contributed by atoms with Crippen LogP contribution in [0.2, 0.25) is 0 Å². The topological polar surface area (TPSA) is 31.0 Å². The number of epoxide rings is 1. The van der Waals surface area contributed by atoms with E-state index in [1.54, 1.807) is 49.6 Å². The number of benzene rings is 3. The fraction of sp³-hybridized carbons (Fsp3) is 0.357. The lowest BCUT2D eigenvalue weighted by atomic mass is 9.82. The number of hydrogen-bond acceptors (Lipinski definition) is 3. The quantitative estimate of drug-likeness (QED) is 0.347. The van der Waals surface area contributed by atoms with E-state index in [0.29, 0.717) is 29.0 Å². The molecule has 6 heteroatoms. The van der Waals surface area contributed by atoms with Crippen LogP contribution in [-0.4, -0.2) is 19.8 Å². The third-order valence-corrected chi connectivity index (χ3v) is 6.90. The zero-order valence-corrected chi connectivity index (χ0v) is 19.0. The van der Waals surface area contributed by atoms with Gasteiger partial charge < -0.3 is 14.2 Å². The van der Waals surface area contributed by atoms with Gasteiger partial charge in [-0.05, 0) is 66.5 Å². The summed E-state index contributed by atoms with van der Waals surface area (Å²) in [4.78, 5) is 0. The monoisotopic (exact) mass is 468 g/mol. The molecule has 178 valence electrons. The average molecular weight is 469 g/mol. The Hall–Kier alpha value is -2.83. The van der Waals surface area contributed by atoms with E-state index in [1.165, 1.54) is 6.07 Å². The van der Waals surface area contributed by atoms with Crippen LogP contribution >= 0.6 is 0 Å². The summed E-state index contributed by atoms with van der Waals surface area (Å²) < 4.78 is 60.5. The summed E-state index contributed by atoms with van der Waals surface area (Å²) in [6.07, 6.45) is 3.50. The summed E-state index contributed by atoms with van der Waals surface area (Å²) in [5.74, 6) is -1.41. The summed E-state index contributed by atoms with van der Waals surface area (Å²) in [7, 11) is 1.69. The highest BCUT2D eigenvalue weighted by Crippen LogP contribution is 2.38. The van der Waals surface area contributed by atoms with Crippen molar-refractivity contribution in [3.8, 4) is 16.9 Å². The highest BCUT2D eigenvalue weighted by Gasteiger charge is 2.27. The van der Waals surface area contributed by atoms with Gasteiger partial charge in [-0.25, -0.2) is 13.2 Å². The van der Waals surface area contributed by atoms with Crippen molar-refractivity contribution >= 4 is 0 Å². The first-order valence-electron chi connectivity index (χ1n) is 11.7. The average Bonchev–Trinajstić information content (AvgIpc) is 3.71. The Balaban J connectivity index is 1.25. The Kier molecular flexibility index (Phi) is 6.61. The minimum absolute atomic E-state index is 0.00184. The molecule has 3 aromatic carbocycles. The van der Waals surface area contributed by atoms with Gasteiger partial charge in [-0.1, -0.05) is 36.4 Å².